The van der Waals surface area contributed by atoms with Crippen LogP contribution in [0.5, 0.6) is 0 Å². The van der Waals surface area contributed by atoms with Gasteiger partial charge >= 0.3 is 11.9 Å². The summed E-state index contributed by atoms with van der Waals surface area (Å²) in [6.45, 7) is 7.66. The third kappa shape index (κ3) is 5.38. The third-order valence-corrected chi connectivity index (χ3v) is 6.95. The second-order valence-corrected chi connectivity index (χ2v) is 9.32. The van der Waals surface area contributed by atoms with E-state index in [9.17, 15) is 14.4 Å². The topological polar surface area (TPSA) is 81.7 Å². The van der Waals surface area contributed by atoms with Gasteiger partial charge in [-0.05, 0) is 56.6 Å². The first kappa shape index (κ1) is 24.0. The van der Waals surface area contributed by atoms with E-state index in [1.807, 2.05) is 37.3 Å². The van der Waals surface area contributed by atoms with E-state index in [-0.39, 0.29) is 6.61 Å². The summed E-state index contributed by atoms with van der Waals surface area (Å²) in [6, 6.07) is 9.39. The molecule has 3 unspecified atom stereocenters. The summed E-state index contributed by atoms with van der Waals surface area (Å²) < 4.78 is 10.7. The Kier molecular flexibility index (Phi) is 8.07. The zero-order valence-electron chi connectivity index (χ0n) is 19.1. The molecular formula is C25H31NO5S. The minimum absolute atomic E-state index is 0.263. The highest BCUT2D eigenvalue weighted by molar-refractivity contribution is 7.17. The van der Waals surface area contributed by atoms with Gasteiger partial charge in [-0.2, -0.15) is 0 Å². The molecular weight excluding hydrogens is 426 g/mol. The van der Waals surface area contributed by atoms with Gasteiger partial charge in [-0.15, -0.1) is 11.3 Å². The Balaban J connectivity index is 1.74. The van der Waals surface area contributed by atoms with E-state index in [0.717, 1.165) is 35.3 Å². The summed E-state index contributed by atoms with van der Waals surface area (Å²) in [7, 11) is 0. The number of esters is 2. The number of carbonyl (C=O) groups is 3. The summed E-state index contributed by atoms with van der Waals surface area (Å²) in [5, 5.41) is 3.30. The van der Waals surface area contributed by atoms with Gasteiger partial charge in [0.25, 0.3) is 5.91 Å². The first-order chi connectivity index (χ1) is 15.3. The van der Waals surface area contributed by atoms with Gasteiger partial charge in [0, 0.05) is 4.88 Å². The number of anilines is 1. The second kappa shape index (κ2) is 10.8. The van der Waals surface area contributed by atoms with Crippen LogP contribution in [-0.4, -0.2) is 30.6 Å². The lowest BCUT2D eigenvalue weighted by atomic mass is 9.88. The molecule has 0 saturated carbocycles. The summed E-state index contributed by atoms with van der Waals surface area (Å²) in [6.07, 6.45) is 2.24. The lowest BCUT2D eigenvalue weighted by Crippen LogP contribution is -2.32. The third-order valence-electron chi connectivity index (χ3n) is 5.78. The van der Waals surface area contributed by atoms with Crippen molar-refractivity contribution >= 4 is 34.2 Å². The number of fused-ring (bicyclic) bond motifs is 1. The molecule has 7 heteroatoms. The smallest absolute Gasteiger partial charge is 0.341 e. The van der Waals surface area contributed by atoms with Crippen molar-refractivity contribution in [1.82, 2.24) is 0 Å². The van der Waals surface area contributed by atoms with Gasteiger partial charge in [-0.3, -0.25) is 9.59 Å². The summed E-state index contributed by atoms with van der Waals surface area (Å²) in [5.74, 6) is -1.22. The van der Waals surface area contributed by atoms with E-state index in [1.54, 1.807) is 13.8 Å². The largest absolute Gasteiger partial charge is 0.462 e. The molecule has 1 N–H and O–H groups in total. The van der Waals surface area contributed by atoms with Crippen LogP contribution in [0, 0.1) is 5.92 Å². The summed E-state index contributed by atoms with van der Waals surface area (Å²) >= 11 is 1.42. The van der Waals surface area contributed by atoms with Crippen molar-refractivity contribution in [3.63, 3.8) is 0 Å². The SMILES string of the molecule is CCOC(=O)c1c(NC(=O)C(C)OC(=O)C(CC)c2ccccc2)sc2c1CCC(C)C2. The van der Waals surface area contributed by atoms with Gasteiger partial charge in [-0.25, -0.2) is 4.79 Å². The molecule has 1 aliphatic rings. The number of benzene rings is 1. The molecule has 172 valence electrons. The number of thiophene rings is 1. The Morgan fingerprint density at radius 1 is 1.19 bits per heavy atom. The van der Waals surface area contributed by atoms with Crippen molar-refractivity contribution in [2.24, 2.45) is 5.92 Å². The fraction of sp³-hybridized carbons (Fsp3) is 0.480. The lowest BCUT2D eigenvalue weighted by Gasteiger charge is -2.19. The summed E-state index contributed by atoms with van der Waals surface area (Å²) in [4.78, 5) is 39.4. The van der Waals surface area contributed by atoms with Gasteiger partial charge in [-0.1, -0.05) is 44.2 Å². The van der Waals surface area contributed by atoms with E-state index in [0.29, 0.717) is 22.9 Å². The molecule has 0 spiro atoms. The predicted molar refractivity (Wildman–Crippen MR) is 125 cm³/mol. The van der Waals surface area contributed by atoms with Crippen LogP contribution in [-0.2, 0) is 31.9 Å². The average Bonchev–Trinajstić information content (AvgIpc) is 3.11. The molecule has 1 heterocycles. The molecule has 1 amide bonds. The highest BCUT2D eigenvalue weighted by Gasteiger charge is 2.31. The molecule has 1 aromatic heterocycles. The Bertz CT molecular complexity index is 968. The summed E-state index contributed by atoms with van der Waals surface area (Å²) in [5.41, 5.74) is 2.28. The Labute approximate surface area is 193 Å². The molecule has 0 bridgehead atoms. The minimum atomic E-state index is -0.992. The van der Waals surface area contributed by atoms with Gasteiger partial charge in [0.15, 0.2) is 6.10 Å². The zero-order chi connectivity index (χ0) is 23.3. The maximum atomic E-state index is 12.9. The number of hydrogen-bond acceptors (Lipinski definition) is 6. The van der Waals surface area contributed by atoms with Gasteiger partial charge in [0.1, 0.15) is 5.00 Å². The number of ether oxygens (including phenoxy) is 2. The van der Waals surface area contributed by atoms with E-state index < -0.39 is 29.9 Å². The normalized spacial score (nSPS) is 17.1. The van der Waals surface area contributed by atoms with Crippen LogP contribution in [0.15, 0.2) is 30.3 Å². The lowest BCUT2D eigenvalue weighted by molar-refractivity contribution is -0.154. The Hall–Kier alpha value is -2.67. The Morgan fingerprint density at radius 2 is 1.91 bits per heavy atom. The minimum Gasteiger partial charge on any atom is -0.462 e. The van der Waals surface area contributed by atoms with Crippen LogP contribution in [0.25, 0.3) is 0 Å². The van der Waals surface area contributed by atoms with Crippen molar-refractivity contribution in [3.8, 4) is 0 Å². The molecule has 32 heavy (non-hydrogen) atoms. The first-order valence-electron chi connectivity index (χ1n) is 11.2. The van der Waals surface area contributed by atoms with Gasteiger partial charge < -0.3 is 14.8 Å². The van der Waals surface area contributed by atoms with Crippen LogP contribution >= 0.6 is 11.3 Å². The molecule has 0 saturated heterocycles. The highest BCUT2D eigenvalue weighted by atomic mass is 32.1. The van der Waals surface area contributed by atoms with Crippen molar-refractivity contribution in [1.29, 1.82) is 0 Å². The van der Waals surface area contributed by atoms with Gasteiger partial charge in [0.05, 0.1) is 18.1 Å². The van der Waals surface area contributed by atoms with Crippen molar-refractivity contribution in [2.75, 3.05) is 11.9 Å². The van der Waals surface area contributed by atoms with Crippen LogP contribution in [0.3, 0.4) is 0 Å². The number of nitrogens with one attached hydrogen (secondary N) is 1. The van der Waals surface area contributed by atoms with E-state index in [4.69, 9.17) is 9.47 Å². The fourth-order valence-corrected chi connectivity index (χ4v) is 5.41. The highest BCUT2D eigenvalue weighted by Crippen LogP contribution is 2.40. The Morgan fingerprint density at radius 3 is 2.56 bits per heavy atom. The number of rotatable bonds is 8. The van der Waals surface area contributed by atoms with Crippen LogP contribution in [0.4, 0.5) is 5.00 Å². The van der Waals surface area contributed by atoms with Crippen LogP contribution in [0.2, 0.25) is 0 Å². The van der Waals surface area contributed by atoms with Crippen LogP contribution in [0.1, 0.15) is 72.8 Å². The molecule has 0 radical (unpaired) electrons. The first-order valence-corrected chi connectivity index (χ1v) is 12.0. The van der Waals surface area contributed by atoms with Gasteiger partial charge in [0.2, 0.25) is 0 Å². The average molecular weight is 458 g/mol. The monoisotopic (exact) mass is 457 g/mol. The van der Waals surface area contributed by atoms with E-state index in [2.05, 4.69) is 12.2 Å². The molecule has 0 aliphatic heterocycles. The molecule has 3 atom stereocenters. The number of amides is 1. The zero-order valence-corrected chi connectivity index (χ0v) is 19.9. The number of hydrogen-bond donors (Lipinski definition) is 1. The molecule has 0 fully saturated rings. The van der Waals surface area contributed by atoms with E-state index in [1.165, 1.54) is 11.3 Å². The van der Waals surface area contributed by atoms with Crippen molar-refractivity contribution < 1.29 is 23.9 Å². The quantitative estimate of drug-likeness (QED) is 0.557. The van der Waals surface area contributed by atoms with E-state index >= 15 is 0 Å². The number of carbonyl (C=O) groups excluding carboxylic acids is 3. The van der Waals surface area contributed by atoms with Crippen molar-refractivity contribution in [2.45, 2.75) is 65.4 Å². The maximum Gasteiger partial charge on any atom is 0.341 e. The predicted octanol–water partition coefficient (Wildman–Crippen LogP) is 5.11. The molecule has 1 aromatic carbocycles. The van der Waals surface area contributed by atoms with Crippen molar-refractivity contribution in [3.05, 3.63) is 51.9 Å². The van der Waals surface area contributed by atoms with Crippen LogP contribution < -0.4 is 5.32 Å². The maximum absolute atomic E-state index is 12.9. The fourth-order valence-electron chi connectivity index (χ4n) is 4.01. The second-order valence-electron chi connectivity index (χ2n) is 8.22. The standard InChI is InChI=1S/C25H31NO5S/c1-5-18(17-10-8-7-9-11-17)24(28)31-16(4)22(27)26-23-21(25(29)30-6-2)19-13-12-15(3)14-20(19)32-23/h7-11,15-16,18H,5-6,12-14H2,1-4H3,(H,26,27). The molecule has 2 aromatic rings. The molecule has 1 aliphatic carbocycles. The molecule has 3 rings (SSSR count). The molecule has 6 nitrogen and oxygen atoms in total.